The summed E-state index contributed by atoms with van der Waals surface area (Å²) in [6.45, 7) is 2.81. The van der Waals surface area contributed by atoms with Gasteiger partial charge in [-0.2, -0.15) is 0 Å². The van der Waals surface area contributed by atoms with E-state index in [9.17, 15) is 3.89 Å². The Bertz CT molecular complexity index is 178. The number of hydrogen-bond acceptors (Lipinski definition) is 3. The van der Waals surface area contributed by atoms with E-state index < -0.39 is 10.5 Å². The van der Waals surface area contributed by atoms with Crippen LogP contribution in [-0.4, -0.2) is 33.1 Å². The fourth-order valence-corrected chi connectivity index (χ4v) is 0.979. The third-order valence-electron chi connectivity index (χ3n) is 1.46. The normalized spacial score (nSPS) is 19.2. The Kier molecular flexibility index (Phi) is 4.55. The van der Waals surface area contributed by atoms with Crippen molar-refractivity contribution in [2.24, 2.45) is 0 Å². The molecule has 1 rings (SSSR count). The summed E-state index contributed by atoms with van der Waals surface area (Å²) in [6.07, 6.45) is 2.90. The molecule has 1 aliphatic rings. The third kappa shape index (κ3) is 12.9. The average molecular weight is 185 g/mol. The zero-order valence-electron chi connectivity index (χ0n) is 6.34. The smallest absolute Gasteiger partial charge is 0.255 e. The number of likely N-dealkylation sites (tertiary alicyclic amines) is 1. The highest BCUT2D eigenvalue weighted by Gasteiger charge is 2.07. The van der Waals surface area contributed by atoms with Crippen LogP contribution < -0.4 is 4.90 Å². The molecule has 0 aromatic heterocycles. The van der Waals surface area contributed by atoms with Crippen molar-refractivity contribution in [3.05, 3.63) is 0 Å². The van der Waals surface area contributed by atoms with Crippen molar-refractivity contribution in [2.45, 2.75) is 12.8 Å². The first-order valence-corrected chi connectivity index (χ1v) is 4.67. The molecule has 1 fully saturated rings. The maximum atomic E-state index is 10.1. The maximum absolute atomic E-state index is 10.1. The summed E-state index contributed by atoms with van der Waals surface area (Å²) in [5.41, 5.74) is 0. The van der Waals surface area contributed by atoms with Gasteiger partial charge in [-0.25, -0.2) is 8.42 Å². The third-order valence-corrected chi connectivity index (χ3v) is 1.46. The van der Waals surface area contributed by atoms with Crippen LogP contribution in [0, 0.1) is 0 Å². The van der Waals surface area contributed by atoms with Crippen LogP contribution in [0.15, 0.2) is 0 Å². The summed E-state index contributed by atoms with van der Waals surface area (Å²) >= 11 is 0. The molecule has 0 radical (unpaired) electrons. The van der Waals surface area contributed by atoms with Crippen molar-refractivity contribution in [1.29, 1.82) is 0 Å². The van der Waals surface area contributed by atoms with Gasteiger partial charge < -0.3 is 9.45 Å². The van der Waals surface area contributed by atoms with E-state index in [4.69, 9.17) is 13.0 Å². The summed E-state index contributed by atoms with van der Waals surface area (Å²) in [5, 5.41) is 0. The van der Waals surface area contributed by atoms with Gasteiger partial charge in [-0.3, -0.25) is 0 Å². The summed E-state index contributed by atoms with van der Waals surface area (Å²) in [6, 6.07) is 0. The van der Waals surface area contributed by atoms with Gasteiger partial charge in [-0.05, 0) is 0 Å². The van der Waals surface area contributed by atoms with Gasteiger partial charge in [0.15, 0.2) is 0 Å². The molecule has 4 nitrogen and oxygen atoms in total. The van der Waals surface area contributed by atoms with Crippen LogP contribution in [-0.2, 0) is 10.5 Å². The van der Waals surface area contributed by atoms with E-state index in [1.54, 1.807) is 4.90 Å². The minimum atomic E-state index is -5.42. The molecular formula is C5H12FNO3S. The molecule has 0 spiro atoms. The second-order valence-electron chi connectivity index (χ2n) is 2.56. The Morgan fingerprint density at radius 3 is 1.73 bits per heavy atom. The highest BCUT2D eigenvalue weighted by molar-refractivity contribution is 7.80. The number of hydrogen-bond donors (Lipinski definition) is 1. The lowest BCUT2D eigenvalue weighted by atomic mass is 10.4. The molecule has 11 heavy (non-hydrogen) atoms. The Hall–Kier alpha value is -0.200. The molecule has 1 aliphatic heterocycles. The molecule has 0 aromatic carbocycles. The van der Waals surface area contributed by atoms with Gasteiger partial charge in [-0.15, -0.1) is 3.89 Å². The Morgan fingerprint density at radius 2 is 1.64 bits per heavy atom. The van der Waals surface area contributed by atoms with E-state index in [0.29, 0.717) is 0 Å². The van der Waals surface area contributed by atoms with Crippen molar-refractivity contribution in [3.63, 3.8) is 0 Å². The second kappa shape index (κ2) is 4.63. The largest absolute Gasteiger partial charge is 0.722 e. The molecule has 68 valence electrons. The van der Waals surface area contributed by atoms with Crippen molar-refractivity contribution in [3.8, 4) is 0 Å². The molecule has 0 saturated carbocycles. The molecule has 0 bridgehead atoms. The SMILES string of the molecule is C[NH+]1CCCC1.O=S(=O)([O-])F. The minimum Gasteiger partial charge on any atom is -0.722 e. The van der Waals surface area contributed by atoms with E-state index in [0.717, 1.165) is 0 Å². The fraction of sp³-hybridized carbons (Fsp3) is 1.00. The van der Waals surface area contributed by atoms with Gasteiger partial charge in [-0.1, -0.05) is 0 Å². The first kappa shape index (κ1) is 10.8. The van der Waals surface area contributed by atoms with Gasteiger partial charge in [0.2, 0.25) is 0 Å². The molecule has 6 heteroatoms. The second-order valence-corrected chi connectivity index (χ2v) is 3.34. The predicted molar refractivity (Wildman–Crippen MR) is 36.7 cm³/mol. The topological polar surface area (TPSA) is 61.6 Å². The number of rotatable bonds is 0. The molecule has 0 atom stereocenters. The summed E-state index contributed by atoms with van der Waals surface area (Å²) < 4.78 is 35.3. The molecular weight excluding hydrogens is 173 g/mol. The zero-order valence-corrected chi connectivity index (χ0v) is 7.16. The van der Waals surface area contributed by atoms with Crippen molar-refractivity contribution >= 4 is 10.5 Å². The summed E-state index contributed by atoms with van der Waals surface area (Å²) in [7, 11) is -3.16. The lowest BCUT2D eigenvalue weighted by Crippen LogP contribution is -3.06. The van der Waals surface area contributed by atoms with E-state index in [2.05, 4.69) is 7.05 Å². The maximum Gasteiger partial charge on any atom is 0.255 e. The Morgan fingerprint density at radius 1 is 1.36 bits per heavy atom. The van der Waals surface area contributed by atoms with Crippen molar-refractivity contribution in [2.75, 3.05) is 20.1 Å². The molecule has 0 amide bonds. The lowest BCUT2D eigenvalue weighted by molar-refractivity contribution is -0.866. The van der Waals surface area contributed by atoms with Crippen LogP contribution in [0.2, 0.25) is 0 Å². The highest BCUT2D eigenvalue weighted by Crippen LogP contribution is 1.84. The van der Waals surface area contributed by atoms with Crippen LogP contribution in [0.5, 0.6) is 0 Å². The first-order chi connectivity index (χ1) is 4.89. The standard InChI is InChI=1S/C5H11N.FHO3S/c1-6-4-2-3-5-6;1-5(2,3)4/h2-5H2,1H3;(H,2,3,4). The number of nitrogens with one attached hydrogen (secondary N) is 1. The lowest BCUT2D eigenvalue weighted by Gasteiger charge is -1.98. The number of quaternary nitrogens is 1. The van der Waals surface area contributed by atoms with Crippen molar-refractivity contribution < 1.29 is 21.8 Å². The van der Waals surface area contributed by atoms with E-state index in [-0.39, 0.29) is 0 Å². The molecule has 1 heterocycles. The first-order valence-electron chi connectivity index (χ1n) is 3.36. The predicted octanol–water partition coefficient (Wildman–Crippen LogP) is -1.29. The Labute approximate surface area is 66.0 Å². The van der Waals surface area contributed by atoms with E-state index in [1.165, 1.54) is 25.9 Å². The van der Waals surface area contributed by atoms with Gasteiger partial charge in [0.25, 0.3) is 10.5 Å². The quantitative estimate of drug-likeness (QED) is 0.377. The van der Waals surface area contributed by atoms with Crippen LogP contribution >= 0.6 is 0 Å². The zero-order chi connectivity index (χ0) is 8.91. The highest BCUT2D eigenvalue weighted by atomic mass is 32.3. The molecule has 0 aliphatic carbocycles. The van der Waals surface area contributed by atoms with Crippen LogP contribution in [0.4, 0.5) is 3.89 Å². The van der Waals surface area contributed by atoms with Crippen LogP contribution in [0.3, 0.4) is 0 Å². The molecule has 1 saturated heterocycles. The average Bonchev–Trinajstić information content (AvgIpc) is 2.12. The van der Waals surface area contributed by atoms with E-state index in [1.807, 2.05) is 0 Å². The van der Waals surface area contributed by atoms with Crippen LogP contribution in [0.1, 0.15) is 12.8 Å². The van der Waals surface area contributed by atoms with Gasteiger partial charge in [0.05, 0.1) is 20.1 Å². The van der Waals surface area contributed by atoms with E-state index >= 15 is 0 Å². The van der Waals surface area contributed by atoms with Gasteiger partial charge in [0.1, 0.15) is 0 Å². The summed E-state index contributed by atoms with van der Waals surface area (Å²) in [5.74, 6) is 0. The molecule has 0 aromatic rings. The summed E-state index contributed by atoms with van der Waals surface area (Å²) in [4.78, 5) is 1.70. The fourth-order valence-electron chi connectivity index (χ4n) is 0.979. The minimum absolute atomic E-state index is 1.40. The van der Waals surface area contributed by atoms with Gasteiger partial charge in [0, 0.05) is 12.8 Å². The molecule has 1 N–H and O–H groups in total. The van der Waals surface area contributed by atoms with Gasteiger partial charge >= 0.3 is 0 Å². The monoisotopic (exact) mass is 185 g/mol. The van der Waals surface area contributed by atoms with Crippen molar-refractivity contribution in [1.82, 2.24) is 0 Å². The number of halogens is 1. The Balaban J connectivity index is 0.000000187. The van der Waals surface area contributed by atoms with Crippen LogP contribution in [0.25, 0.3) is 0 Å². The molecule has 0 unspecified atom stereocenters.